The van der Waals surface area contributed by atoms with Crippen molar-refractivity contribution in [1.82, 2.24) is 19.7 Å². The van der Waals surface area contributed by atoms with Crippen molar-refractivity contribution < 1.29 is 4.39 Å². The Labute approximate surface area is 225 Å². The van der Waals surface area contributed by atoms with Crippen LogP contribution >= 0.6 is 11.6 Å². The molecule has 4 aromatic rings. The van der Waals surface area contributed by atoms with E-state index in [-0.39, 0.29) is 5.82 Å². The van der Waals surface area contributed by atoms with Crippen LogP contribution in [0.5, 0.6) is 0 Å². The molecule has 38 heavy (non-hydrogen) atoms. The number of hydrogen-bond donors (Lipinski definition) is 0. The number of aromatic nitrogens is 4. The number of halogens is 2. The maximum absolute atomic E-state index is 14.6. The fraction of sp³-hybridized carbons (Fsp3) is 0.310. The Morgan fingerprint density at radius 1 is 0.868 bits per heavy atom. The molecule has 9 heteroatoms. The van der Waals surface area contributed by atoms with E-state index >= 15 is 0 Å². The fourth-order valence-electron chi connectivity index (χ4n) is 5.61. The third kappa shape index (κ3) is 4.22. The average molecular weight is 528 g/mol. The van der Waals surface area contributed by atoms with E-state index in [1.165, 1.54) is 31.0 Å². The molecule has 1 aromatic carbocycles. The molecule has 6 heterocycles. The molecular weight excluding hydrogens is 501 g/mol. The summed E-state index contributed by atoms with van der Waals surface area (Å²) in [6.07, 6.45) is 7.69. The van der Waals surface area contributed by atoms with Gasteiger partial charge in [0.15, 0.2) is 5.82 Å². The number of fused-ring (bicyclic) bond motifs is 2. The molecule has 1 saturated heterocycles. The zero-order chi connectivity index (χ0) is 25.6. The van der Waals surface area contributed by atoms with Gasteiger partial charge in [-0.05, 0) is 55.7 Å². The lowest BCUT2D eigenvalue weighted by atomic mass is 9.99. The SMILES string of the molecule is Fc1ccc(Cl)cc1C1=NCC=C1c1ccc2ncc(N3CCn4nc(N5CCCCC5)cc4C3)cc2n1. The summed E-state index contributed by atoms with van der Waals surface area (Å²) in [7, 11) is 0. The zero-order valence-electron chi connectivity index (χ0n) is 20.9. The van der Waals surface area contributed by atoms with Crippen molar-refractivity contribution in [3.63, 3.8) is 0 Å². The zero-order valence-corrected chi connectivity index (χ0v) is 21.7. The second kappa shape index (κ2) is 9.51. The second-order valence-corrected chi connectivity index (χ2v) is 10.5. The molecule has 0 spiro atoms. The standard InChI is InChI=1S/C29H27ClFN7/c30-19-4-5-24(31)23(14-19)29-22(8-9-32-29)25-6-7-26-27(34-25)15-20(17-33-26)37-12-13-38-21(18-37)16-28(35-38)36-10-2-1-3-11-36/h4-8,14-17H,1-3,9-13,18H2. The largest absolute Gasteiger partial charge is 0.362 e. The molecule has 192 valence electrons. The number of benzene rings is 1. The first kappa shape index (κ1) is 23.3. The molecule has 3 aromatic heterocycles. The summed E-state index contributed by atoms with van der Waals surface area (Å²) in [5, 5.41) is 5.36. The predicted octanol–water partition coefficient (Wildman–Crippen LogP) is 5.52. The Hall–Kier alpha value is -3.78. The van der Waals surface area contributed by atoms with Gasteiger partial charge in [-0.2, -0.15) is 5.10 Å². The molecule has 7 nitrogen and oxygen atoms in total. The summed E-state index contributed by atoms with van der Waals surface area (Å²) in [5.41, 5.74) is 6.40. The molecule has 0 unspecified atom stereocenters. The molecule has 0 bridgehead atoms. The maximum atomic E-state index is 14.6. The Morgan fingerprint density at radius 3 is 2.66 bits per heavy atom. The van der Waals surface area contributed by atoms with Crippen LogP contribution in [-0.4, -0.2) is 51.6 Å². The molecule has 0 atom stereocenters. The number of aliphatic imine (C=N–C) groups is 1. The van der Waals surface area contributed by atoms with Crippen LogP contribution in [0.1, 0.15) is 36.2 Å². The fourth-order valence-corrected chi connectivity index (χ4v) is 5.79. The van der Waals surface area contributed by atoms with Crippen LogP contribution in [0.15, 0.2) is 59.7 Å². The van der Waals surface area contributed by atoms with Gasteiger partial charge in [0.05, 0.1) is 59.7 Å². The lowest BCUT2D eigenvalue weighted by Gasteiger charge is -2.29. The number of rotatable bonds is 4. The highest BCUT2D eigenvalue weighted by molar-refractivity contribution is 6.35. The molecule has 3 aliphatic heterocycles. The Balaban J connectivity index is 1.16. The quantitative estimate of drug-likeness (QED) is 0.350. The molecule has 7 rings (SSSR count). The summed E-state index contributed by atoms with van der Waals surface area (Å²) in [6, 6.07) is 12.8. The number of hydrogen-bond acceptors (Lipinski definition) is 6. The third-order valence-corrected chi connectivity index (χ3v) is 7.85. The summed E-state index contributed by atoms with van der Waals surface area (Å²) in [4.78, 5) is 18.9. The highest BCUT2D eigenvalue weighted by Gasteiger charge is 2.24. The monoisotopic (exact) mass is 527 g/mol. The van der Waals surface area contributed by atoms with Crippen molar-refractivity contribution in [3.05, 3.63) is 82.5 Å². The molecule has 0 N–H and O–H groups in total. The van der Waals surface area contributed by atoms with Crippen molar-refractivity contribution in [2.75, 3.05) is 36.0 Å². The van der Waals surface area contributed by atoms with Crippen LogP contribution in [0.25, 0.3) is 16.6 Å². The van der Waals surface area contributed by atoms with Gasteiger partial charge < -0.3 is 9.80 Å². The van der Waals surface area contributed by atoms with Crippen LogP contribution in [0.3, 0.4) is 0 Å². The number of anilines is 2. The molecule has 3 aliphatic rings. The topological polar surface area (TPSA) is 62.4 Å². The van der Waals surface area contributed by atoms with Gasteiger partial charge in [0.25, 0.3) is 0 Å². The Kier molecular flexibility index (Phi) is 5.84. The van der Waals surface area contributed by atoms with Crippen molar-refractivity contribution >= 4 is 45.4 Å². The van der Waals surface area contributed by atoms with Gasteiger partial charge in [-0.1, -0.05) is 17.7 Å². The normalized spacial score (nSPS) is 17.5. The van der Waals surface area contributed by atoms with Crippen molar-refractivity contribution in [2.24, 2.45) is 4.99 Å². The second-order valence-electron chi connectivity index (χ2n) is 10.0. The summed E-state index contributed by atoms with van der Waals surface area (Å²) < 4.78 is 16.8. The number of pyridine rings is 2. The highest BCUT2D eigenvalue weighted by Crippen LogP contribution is 2.30. The lowest BCUT2D eigenvalue weighted by Crippen LogP contribution is -2.34. The van der Waals surface area contributed by atoms with E-state index in [1.807, 2.05) is 24.4 Å². The van der Waals surface area contributed by atoms with Gasteiger partial charge >= 0.3 is 0 Å². The minimum absolute atomic E-state index is 0.349. The first-order valence-electron chi connectivity index (χ1n) is 13.2. The lowest BCUT2D eigenvalue weighted by molar-refractivity contribution is 0.514. The van der Waals surface area contributed by atoms with Crippen LogP contribution in [0, 0.1) is 5.82 Å². The van der Waals surface area contributed by atoms with Crippen molar-refractivity contribution in [1.29, 1.82) is 0 Å². The van der Waals surface area contributed by atoms with E-state index in [4.69, 9.17) is 26.7 Å². The van der Waals surface area contributed by atoms with E-state index in [2.05, 4.69) is 31.6 Å². The van der Waals surface area contributed by atoms with Crippen molar-refractivity contribution in [3.8, 4) is 0 Å². The first-order valence-corrected chi connectivity index (χ1v) is 13.5. The van der Waals surface area contributed by atoms with Gasteiger partial charge in [-0.3, -0.25) is 14.7 Å². The highest BCUT2D eigenvalue weighted by atomic mass is 35.5. The molecule has 0 amide bonds. The predicted molar refractivity (Wildman–Crippen MR) is 150 cm³/mol. The van der Waals surface area contributed by atoms with Gasteiger partial charge in [0.1, 0.15) is 5.82 Å². The first-order chi connectivity index (χ1) is 18.6. The van der Waals surface area contributed by atoms with Crippen LogP contribution in [0.4, 0.5) is 15.9 Å². The molecule has 0 aliphatic carbocycles. The minimum Gasteiger partial charge on any atom is -0.362 e. The van der Waals surface area contributed by atoms with Gasteiger partial charge in [-0.15, -0.1) is 0 Å². The summed E-state index contributed by atoms with van der Waals surface area (Å²) in [5.74, 6) is 0.751. The van der Waals surface area contributed by atoms with Crippen LogP contribution in [0.2, 0.25) is 5.02 Å². The number of nitrogens with zero attached hydrogens (tertiary/aromatic N) is 7. The number of piperidine rings is 1. The Morgan fingerprint density at radius 2 is 1.76 bits per heavy atom. The number of allylic oxidation sites excluding steroid dienone is 1. The van der Waals surface area contributed by atoms with E-state index in [9.17, 15) is 4.39 Å². The van der Waals surface area contributed by atoms with Crippen LogP contribution < -0.4 is 9.80 Å². The van der Waals surface area contributed by atoms with E-state index in [1.54, 1.807) is 12.1 Å². The van der Waals surface area contributed by atoms with Crippen LogP contribution in [-0.2, 0) is 13.1 Å². The molecule has 0 radical (unpaired) electrons. The summed E-state index contributed by atoms with van der Waals surface area (Å²) in [6.45, 7) is 5.15. The minimum atomic E-state index is -0.349. The van der Waals surface area contributed by atoms with E-state index < -0.39 is 0 Å². The average Bonchev–Trinajstić information content (AvgIpc) is 3.61. The third-order valence-electron chi connectivity index (χ3n) is 7.61. The van der Waals surface area contributed by atoms with E-state index in [0.717, 1.165) is 66.5 Å². The van der Waals surface area contributed by atoms with Gasteiger partial charge in [-0.25, -0.2) is 9.37 Å². The van der Waals surface area contributed by atoms with Crippen molar-refractivity contribution in [2.45, 2.75) is 32.4 Å². The molecule has 1 fully saturated rings. The van der Waals surface area contributed by atoms with Gasteiger partial charge in [0, 0.05) is 41.9 Å². The summed E-state index contributed by atoms with van der Waals surface area (Å²) >= 11 is 6.15. The smallest absolute Gasteiger partial charge is 0.150 e. The van der Waals surface area contributed by atoms with Gasteiger partial charge in [0.2, 0.25) is 0 Å². The van der Waals surface area contributed by atoms with E-state index in [0.29, 0.717) is 22.8 Å². The maximum Gasteiger partial charge on any atom is 0.150 e. The Bertz CT molecular complexity index is 1600. The molecular formula is C29H27ClFN7. The molecule has 0 saturated carbocycles.